The summed E-state index contributed by atoms with van der Waals surface area (Å²) in [5.41, 5.74) is 5.24. The fourth-order valence-corrected chi connectivity index (χ4v) is 5.18. The molecule has 1 saturated heterocycles. The average molecular weight is 466 g/mol. The largest absolute Gasteiger partial charge is 0.337 e. The summed E-state index contributed by atoms with van der Waals surface area (Å²) in [6, 6.07) is 10.1. The summed E-state index contributed by atoms with van der Waals surface area (Å²) in [6.07, 6.45) is 0.980. The Morgan fingerprint density at radius 3 is 2.58 bits per heavy atom. The van der Waals surface area contributed by atoms with E-state index in [4.69, 9.17) is 4.98 Å². The minimum absolute atomic E-state index is 0.0917. The fourth-order valence-electron chi connectivity index (χ4n) is 4.28. The Morgan fingerprint density at radius 2 is 1.88 bits per heavy atom. The number of carbonyl (C=O) groups is 1. The maximum Gasteiger partial charge on any atom is 0.253 e. The summed E-state index contributed by atoms with van der Waals surface area (Å²) in [4.78, 5) is 22.6. The first kappa shape index (κ1) is 23.6. The molecular formula is C26H35N5OS. The molecule has 0 radical (unpaired) electrons. The van der Waals surface area contributed by atoms with Crippen LogP contribution in [0.2, 0.25) is 0 Å². The van der Waals surface area contributed by atoms with E-state index in [0.717, 1.165) is 67.4 Å². The number of carbonyl (C=O) groups excluding carboxylic acids is 1. The van der Waals surface area contributed by atoms with Crippen LogP contribution < -0.4 is 0 Å². The van der Waals surface area contributed by atoms with Gasteiger partial charge in [-0.3, -0.25) is 14.4 Å². The number of aromatic nitrogens is 3. The van der Waals surface area contributed by atoms with Gasteiger partial charge in [0.2, 0.25) is 0 Å². The molecule has 2 aromatic heterocycles. The van der Waals surface area contributed by atoms with Crippen molar-refractivity contribution in [3.8, 4) is 0 Å². The SMILES string of the molecule is Cc1cc(C)n(Cc2cccc(C(=O)N3CCCN(Cc4csc(C(C)(C)C)n4)CC3)c2)n1. The highest BCUT2D eigenvalue weighted by molar-refractivity contribution is 7.09. The molecule has 6 nitrogen and oxygen atoms in total. The molecule has 3 aromatic rings. The molecule has 0 atom stereocenters. The van der Waals surface area contributed by atoms with E-state index < -0.39 is 0 Å². The second-order valence-electron chi connectivity index (χ2n) is 10.1. The minimum atomic E-state index is 0.0917. The normalized spacial score (nSPS) is 15.6. The van der Waals surface area contributed by atoms with Gasteiger partial charge in [-0.15, -0.1) is 11.3 Å². The zero-order valence-corrected chi connectivity index (χ0v) is 21.3. The van der Waals surface area contributed by atoms with E-state index in [0.29, 0.717) is 6.54 Å². The first-order valence-electron chi connectivity index (χ1n) is 11.8. The molecule has 1 aliphatic heterocycles. The van der Waals surface area contributed by atoms with E-state index in [2.05, 4.69) is 55.2 Å². The lowest BCUT2D eigenvalue weighted by Gasteiger charge is -2.22. The number of rotatable bonds is 5. The minimum Gasteiger partial charge on any atom is -0.337 e. The molecule has 3 heterocycles. The van der Waals surface area contributed by atoms with Gasteiger partial charge in [0.15, 0.2) is 0 Å². The van der Waals surface area contributed by atoms with Crippen LogP contribution in [0.5, 0.6) is 0 Å². The Bertz CT molecular complexity index is 1110. The molecule has 0 bridgehead atoms. The molecule has 0 saturated carbocycles. The number of aryl methyl sites for hydroxylation is 2. The Balaban J connectivity index is 1.37. The summed E-state index contributed by atoms with van der Waals surface area (Å²) >= 11 is 1.75. The van der Waals surface area contributed by atoms with Crippen molar-refractivity contribution >= 4 is 17.2 Å². The number of nitrogens with zero attached hydrogens (tertiary/aromatic N) is 5. The van der Waals surface area contributed by atoms with Crippen molar-refractivity contribution in [1.82, 2.24) is 24.6 Å². The third-order valence-electron chi connectivity index (χ3n) is 6.06. The third kappa shape index (κ3) is 5.89. The quantitative estimate of drug-likeness (QED) is 0.550. The summed E-state index contributed by atoms with van der Waals surface area (Å²) in [7, 11) is 0. The third-order valence-corrected chi connectivity index (χ3v) is 7.38. The number of thiazole rings is 1. The average Bonchev–Trinajstić information content (AvgIpc) is 3.27. The van der Waals surface area contributed by atoms with Gasteiger partial charge in [0, 0.05) is 54.8 Å². The molecule has 1 aliphatic rings. The van der Waals surface area contributed by atoms with Crippen LogP contribution >= 0.6 is 11.3 Å². The van der Waals surface area contributed by atoms with Gasteiger partial charge >= 0.3 is 0 Å². The molecule has 1 amide bonds. The van der Waals surface area contributed by atoms with Crippen LogP contribution in [-0.4, -0.2) is 56.7 Å². The summed E-state index contributed by atoms with van der Waals surface area (Å²) in [5, 5.41) is 7.92. The standard InChI is InChI=1S/C26H35N5OS/c1-19-14-20(2)31(28-19)16-21-8-6-9-22(15-21)24(32)30-11-7-10-29(12-13-30)17-23-18-33-25(27-23)26(3,4)5/h6,8-9,14-15,18H,7,10-13,16-17H2,1-5H3. The van der Waals surface area contributed by atoms with Crippen molar-refractivity contribution < 1.29 is 4.79 Å². The number of amides is 1. The zero-order chi connectivity index (χ0) is 23.6. The van der Waals surface area contributed by atoms with Crippen LogP contribution in [0.4, 0.5) is 0 Å². The second kappa shape index (κ2) is 9.77. The molecule has 0 aliphatic carbocycles. The van der Waals surface area contributed by atoms with E-state index in [9.17, 15) is 4.79 Å². The highest BCUT2D eigenvalue weighted by atomic mass is 32.1. The second-order valence-corrected chi connectivity index (χ2v) is 11.0. The molecule has 4 rings (SSSR count). The van der Waals surface area contributed by atoms with Crippen molar-refractivity contribution in [2.45, 2.75) is 59.5 Å². The van der Waals surface area contributed by atoms with Crippen LogP contribution in [0, 0.1) is 13.8 Å². The Kier molecular flexibility index (Phi) is 7.00. The number of hydrogen-bond donors (Lipinski definition) is 0. The Labute approximate surface area is 201 Å². The monoisotopic (exact) mass is 465 g/mol. The van der Waals surface area contributed by atoms with Gasteiger partial charge in [-0.1, -0.05) is 32.9 Å². The van der Waals surface area contributed by atoms with E-state index in [1.54, 1.807) is 11.3 Å². The Morgan fingerprint density at radius 1 is 1.06 bits per heavy atom. The van der Waals surface area contributed by atoms with Gasteiger partial charge in [0.05, 0.1) is 22.9 Å². The van der Waals surface area contributed by atoms with Crippen LogP contribution in [0.3, 0.4) is 0 Å². The maximum absolute atomic E-state index is 13.3. The van der Waals surface area contributed by atoms with E-state index in [-0.39, 0.29) is 11.3 Å². The fraction of sp³-hybridized carbons (Fsp3) is 0.500. The molecule has 0 unspecified atom stereocenters. The van der Waals surface area contributed by atoms with Gasteiger partial charge in [-0.25, -0.2) is 4.98 Å². The zero-order valence-electron chi connectivity index (χ0n) is 20.5. The van der Waals surface area contributed by atoms with Gasteiger partial charge in [0.1, 0.15) is 0 Å². The van der Waals surface area contributed by atoms with Crippen molar-refractivity contribution in [2.24, 2.45) is 0 Å². The van der Waals surface area contributed by atoms with Crippen LogP contribution in [0.25, 0.3) is 0 Å². The van der Waals surface area contributed by atoms with Crippen molar-refractivity contribution in [3.63, 3.8) is 0 Å². The molecule has 176 valence electrons. The Hall–Kier alpha value is -2.51. The molecule has 0 spiro atoms. The predicted octanol–water partition coefficient (Wildman–Crippen LogP) is 4.65. The lowest BCUT2D eigenvalue weighted by atomic mass is 9.98. The highest BCUT2D eigenvalue weighted by Crippen LogP contribution is 2.26. The van der Waals surface area contributed by atoms with Gasteiger partial charge in [-0.2, -0.15) is 5.10 Å². The number of benzene rings is 1. The van der Waals surface area contributed by atoms with Crippen LogP contribution in [0.15, 0.2) is 35.7 Å². The van der Waals surface area contributed by atoms with Crippen LogP contribution in [-0.2, 0) is 18.5 Å². The molecule has 33 heavy (non-hydrogen) atoms. The van der Waals surface area contributed by atoms with Gasteiger partial charge < -0.3 is 4.90 Å². The van der Waals surface area contributed by atoms with E-state index in [1.807, 2.05) is 34.7 Å². The first-order chi connectivity index (χ1) is 15.7. The molecular weight excluding hydrogens is 430 g/mol. The van der Waals surface area contributed by atoms with E-state index in [1.165, 1.54) is 5.01 Å². The number of hydrogen-bond acceptors (Lipinski definition) is 5. The lowest BCUT2D eigenvalue weighted by molar-refractivity contribution is 0.0761. The molecule has 7 heteroatoms. The maximum atomic E-state index is 13.3. The predicted molar refractivity (Wildman–Crippen MR) is 134 cm³/mol. The molecule has 0 N–H and O–H groups in total. The van der Waals surface area contributed by atoms with Gasteiger partial charge in [0.25, 0.3) is 5.91 Å². The van der Waals surface area contributed by atoms with Crippen LogP contribution in [0.1, 0.15) is 65.2 Å². The van der Waals surface area contributed by atoms with E-state index >= 15 is 0 Å². The molecule has 1 aromatic carbocycles. The van der Waals surface area contributed by atoms with Crippen molar-refractivity contribution in [2.75, 3.05) is 26.2 Å². The van der Waals surface area contributed by atoms with Crippen molar-refractivity contribution in [1.29, 1.82) is 0 Å². The first-order valence-corrected chi connectivity index (χ1v) is 12.6. The van der Waals surface area contributed by atoms with Crippen molar-refractivity contribution in [3.05, 3.63) is 68.9 Å². The lowest BCUT2D eigenvalue weighted by Crippen LogP contribution is -2.35. The summed E-state index contributed by atoms with van der Waals surface area (Å²) in [5.74, 6) is 0.121. The van der Waals surface area contributed by atoms with Gasteiger partial charge in [-0.05, 0) is 44.0 Å². The smallest absolute Gasteiger partial charge is 0.253 e. The summed E-state index contributed by atoms with van der Waals surface area (Å²) in [6.45, 7) is 15.6. The molecule has 1 fully saturated rings. The highest BCUT2D eigenvalue weighted by Gasteiger charge is 2.22. The summed E-state index contributed by atoms with van der Waals surface area (Å²) < 4.78 is 1.99. The topological polar surface area (TPSA) is 54.3 Å².